The maximum atomic E-state index is 13.5. The molecule has 4 rings (SSSR count). The molecule has 1 aliphatic rings. The number of nitrogens with zero attached hydrogens (tertiary/aromatic N) is 4. The monoisotopic (exact) mass is 488 g/mol. The van der Waals surface area contributed by atoms with Gasteiger partial charge in [0.05, 0.1) is 17.0 Å². The predicted molar refractivity (Wildman–Crippen MR) is 126 cm³/mol. The van der Waals surface area contributed by atoms with Crippen molar-refractivity contribution in [2.45, 2.75) is 25.9 Å². The van der Waals surface area contributed by atoms with Gasteiger partial charge in [-0.05, 0) is 42.0 Å². The van der Waals surface area contributed by atoms with Crippen LogP contribution in [0.1, 0.15) is 29.3 Å². The van der Waals surface area contributed by atoms with Crippen LogP contribution in [0.2, 0.25) is 0 Å². The van der Waals surface area contributed by atoms with Crippen LogP contribution in [-0.4, -0.2) is 44.5 Å². The van der Waals surface area contributed by atoms with Crippen LogP contribution in [0.25, 0.3) is 0 Å². The summed E-state index contributed by atoms with van der Waals surface area (Å²) in [5, 5.41) is 11.2. The summed E-state index contributed by atoms with van der Waals surface area (Å²) in [6.45, 7) is 1.21. The Hall–Kier alpha value is -4.93. The number of pyridine rings is 1. The molecule has 1 aromatic heterocycles. The summed E-state index contributed by atoms with van der Waals surface area (Å²) in [5.41, 5.74) is 0.608. The van der Waals surface area contributed by atoms with E-state index in [1.54, 1.807) is 18.3 Å². The van der Waals surface area contributed by atoms with Gasteiger partial charge in [-0.2, -0.15) is 0 Å². The zero-order valence-electron chi connectivity index (χ0n) is 19.1. The Balaban J connectivity index is 1.66. The highest BCUT2D eigenvalue weighted by Gasteiger charge is 2.44. The van der Waals surface area contributed by atoms with Crippen LogP contribution in [0.4, 0.5) is 11.4 Å². The molecule has 2 aromatic carbocycles. The first-order chi connectivity index (χ1) is 17.2. The van der Waals surface area contributed by atoms with Gasteiger partial charge in [-0.3, -0.25) is 34.3 Å². The van der Waals surface area contributed by atoms with Crippen LogP contribution in [0, 0.1) is 10.1 Å². The third-order valence-electron chi connectivity index (χ3n) is 5.50. The predicted octanol–water partition coefficient (Wildman–Crippen LogP) is 2.89. The lowest BCUT2D eigenvalue weighted by Gasteiger charge is -2.28. The first-order valence-electron chi connectivity index (χ1n) is 10.8. The number of hydrogen-bond acceptors (Lipinski definition) is 8. The second-order valence-electron chi connectivity index (χ2n) is 7.98. The van der Waals surface area contributed by atoms with Gasteiger partial charge in [-0.15, -0.1) is 0 Å². The molecule has 36 heavy (non-hydrogen) atoms. The van der Waals surface area contributed by atoms with E-state index in [0.717, 1.165) is 11.0 Å². The summed E-state index contributed by atoms with van der Waals surface area (Å²) < 4.78 is 4.98. The molecule has 11 nitrogen and oxygen atoms in total. The van der Waals surface area contributed by atoms with E-state index in [9.17, 15) is 29.3 Å². The zero-order valence-corrected chi connectivity index (χ0v) is 19.1. The molecule has 1 fully saturated rings. The fourth-order valence-electron chi connectivity index (χ4n) is 3.89. The van der Waals surface area contributed by atoms with E-state index in [1.807, 2.05) is 0 Å². The normalized spacial score (nSPS) is 15.0. The van der Waals surface area contributed by atoms with Crippen LogP contribution in [0.15, 0.2) is 73.1 Å². The SMILES string of the molecule is CC(=O)Oc1ccc(N2C(=O)CC(N(Cc3cccnc3)C(=O)c3cccc([N+](=O)[O-])c3)C2=O)cc1. The number of benzene rings is 2. The van der Waals surface area contributed by atoms with Gasteiger partial charge in [0, 0.05) is 43.6 Å². The Labute approximate surface area is 205 Å². The molecule has 0 radical (unpaired) electrons. The number of non-ortho nitro benzene ring substituents is 1. The zero-order chi connectivity index (χ0) is 25.8. The second kappa shape index (κ2) is 10.1. The van der Waals surface area contributed by atoms with Crippen molar-refractivity contribution in [1.82, 2.24) is 9.88 Å². The van der Waals surface area contributed by atoms with Crippen LogP contribution in [-0.2, 0) is 20.9 Å². The van der Waals surface area contributed by atoms with Crippen molar-refractivity contribution in [3.8, 4) is 5.75 Å². The topological polar surface area (TPSA) is 140 Å². The summed E-state index contributed by atoms with van der Waals surface area (Å²) in [6.07, 6.45) is 2.81. The minimum atomic E-state index is -1.14. The number of carbonyl (C=O) groups is 4. The van der Waals surface area contributed by atoms with Crippen molar-refractivity contribution in [3.63, 3.8) is 0 Å². The summed E-state index contributed by atoms with van der Waals surface area (Å²) in [4.78, 5) is 67.8. The average molecular weight is 488 g/mol. The molecule has 1 aliphatic heterocycles. The van der Waals surface area contributed by atoms with Crippen molar-refractivity contribution < 1.29 is 28.8 Å². The molecule has 0 aliphatic carbocycles. The molecule has 1 unspecified atom stereocenters. The number of rotatable bonds is 7. The Morgan fingerprint density at radius 2 is 1.89 bits per heavy atom. The van der Waals surface area contributed by atoms with E-state index in [4.69, 9.17) is 4.74 Å². The number of carbonyl (C=O) groups excluding carboxylic acids is 4. The molecule has 1 saturated heterocycles. The molecule has 3 amide bonds. The van der Waals surface area contributed by atoms with Gasteiger partial charge in [-0.1, -0.05) is 12.1 Å². The number of aromatic nitrogens is 1. The molecule has 182 valence electrons. The highest BCUT2D eigenvalue weighted by Crippen LogP contribution is 2.29. The molecule has 3 aromatic rings. The van der Waals surface area contributed by atoms with Gasteiger partial charge in [-0.25, -0.2) is 4.90 Å². The number of nitro benzene ring substituents is 1. The van der Waals surface area contributed by atoms with Gasteiger partial charge in [0.1, 0.15) is 11.8 Å². The summed E-state index contributed by atoms with van der Waals surface area (Å²) >= 11 is 0. The summed E-state index contributed by atoms with van der Waals surface area (Å²) in [7, 11) is 0. The first kappa shape index (κ1) is 24.2. The van der Waals surface area contributed by atoms with E-state index in [2.05, 4.69) is 4.98 Å². The van der Waals surface area contributed by atoms with Crippen molar-refractivity contribution >= 4 is 35.1 Å². The molecule has 11 heteroatoms. The van der Waals surface area contributed by atoms with Crippen LogP contribution in [0.5, 0.6) is 5.75 Å². The number of esters is 1. The van der Waals surface area contributed by atoms with E-state index in [0.29, 0.717) is 5.56 Å². The lowest BCUT2D eigenvalue weighted by molar-refractivity contribution is -0.384. The number of ether oxygens (including phenoxy) is 1. The van der Waals surface area contributed by atoms with Crippen molar-refractivity contribution in [3.05, 3.63) is 94.3 Å². The Bertz CT molecular complexity index is 1340. The van der Waals surface area contributed by atoms with Gasteiger partial charge >= 0.3 is 5.97 Å². The quantitative estimate of drug-likeness (QED) is 0.163. The Morgan fingerprint density at radius 3 is 2.53 bits per heavy atom. The third kappa shape index (κ3) is 5.09. The van der Waals surface area contributed by atoms with Crippen LogP contribution < -0.4 is 9.64 Å². The smallest absolute Gasteiger partial charge is 0.308 e. The first-order valence-corrected chi connectivity index (χ1v) is 10.8. The molecule has 2 heterocycles. The van der Waals surface area contributed by atoms with Gasteiger partial charge in [0.25, 0.3) is 17.5 Å². The van der Waals surface area contributed by atoms with Crippen molar-refractivity contribution in [2.24, 2.45) is 0 Å². The minimum absolute atomic E-state index is 0.0116. The fourth-order valence-corrected chi connectivity index (χ4v) is 3.89. The van der Waals surface area contributed by atoms with Gasteiger partial charge < -0.3 is 9.64 Å². The summed E-state index contributed by atoms with van der Waals surface area (Å²) in [5.74, 6) is -2.04. The highest BCUT2D eigenvalue weighted by atomic mass is 16.6. The van der Waals surface area contributed by atoms with E-state index in [1.165, 1.54) is 60.5 Å². The van der Waals surface area contributed by atoms with E-state index < -0.39 is 34.7 Å². The molecule has 0 saturated carbocycles. The van der Waals surface area contributed by atoms with Gasteiger partial charge in [0.2, 0.25) is 5.91 Å². The number of nitro groups is 1. The minimum Gasteiger partial charge on any atom is -0.427 e. The maximum Gasteiger partial charge on any atom is 0.308 e. The molecular formula is C25H20N4O7. The van der Waals surface area contributed by atoms with Crippen molar-refractivity contribution in [1.29, 1.82) is 0 Å². The maximum absolute atomic E-state index is 13.5. The number of imide groups is 1. The molecule has 1 atom stereocenters. The molecular weight excluding hydrogens is 468 g/mol. The Morgan fingerprint density at radius 1 is 1.14 bits per heavy atom. The largest absolute Gasteiger partial charge is 0.427 e. The number of hydrogen-bond donors (Lipinski definition) is 0. The van der Waals surface area contributed by atoms with E-state index in [-0.39, 0.29) is 35.7 Å². The number of amides is 3. The third-order valence-corrected chi connectivity index (χ3v) is 5.50. The van der Waals surface area contributed by atoms with Crippen molar-refractivity contribution in [2.75, 3.05) is 4.90 Å². The lowest BCUT2D eigenvalue weighted by atomic mass is 10.1. The molecule has 0 bridgehead atoms. The number of anilines is 1. The van der Waals surface area contributed by atoms with Gasteiger partial charge in [0.15, 0.2) is 0 Å². The highest BCUT2D eigenvalue weighted by molar-refractivity contribution is 6.23. The van der Waals surface area contributed by atoms with Crippen LogP contribution >= 0.6 is 0 Å². The Kier molecular flexibility index (Phi) is 6.81. The average Bonchev–Trinajstić information content (AvgIpc) is 3.16. The standard InChI is InChI=1S/C25H20N4O7/c1-16(30)36-21-9-7-19(8-10-21)28-23(31)13-22(25(28)33)27(15-17-4-3-11-26-14-17)24(32)18-5-2-6-20(12-18)29(34)35/h2-12,14,22H,13,15H2,1H3. The lowest BCUT2D eigenvalue weighted by Crippen LogP contribution is -2.45. The molecule has 0 N–H and O–H groups in total. The summed E-state index contributed by atoms with van der Waals surface area (Å²) in [6, 6.07) is 13.3. The molecule has 0 spiro atoms. The van der Waals surface area contributed by atoms with Crippen LogP contribution in [0.3, 0.4) is 0 Å². The second-order valence-corrected chi connectivity index (χ2v) is 7.98. The fraction of sp³-hybridized carbons (Fsp3) is 0.160. The van der Waals surface area contributed by atoms with E-state index >= 15 is 0 Å².